The van der Waals surface area contributed by atoms with Crippen LogP contribution >= 0.6 is 0 Å². The minimum atomic E-state index is -0.325. The number of hydrogen-bond donors (Lipinski definition) is 1. The van der Waals surface area contributed by atoms with Crippen LogP contribution in [0.3, 0.4) is 0 Å². The third-order valence-corrected chi connectivity index (χ3v) is 3.97. The van der Waals surface area contributed by atoms with E-state index in [9.17, 15) is 4.79 Å². The number of hydrogen-bond acceptors (Lipinski definition) is 5. The van der Waals surface area contributed by atoms with E-state index in [1.165, 1.54) is 0 Å². The van der Waals surface area contributed by atoms with Gasteiger partial charge >= 0.3 is 0 Å². The van der Waals surface area contributed by atoms with Gasteiger partial charge < -0.3 is 19.2 Å². The van der Waals surface area contributed by atoms with E-state index in [-0.39, 0.29) is 11.7 Å². The van der Waals surface area contributed by atoms with Gasteiger partial charge in [-0.15, -0.1) is 0 Å². The van der Waals surface area contributed by atoms with Crippen LogP contribution in [-0.4, -0.2) is 13.0 Å². The van der Waals surface area contributed by atoms with Crippen molar-refractivity contribution in [3.8, 4) is 11.8 Å². The molecule has 2 aromatic carbocycles. The largest absolute Gasteiger partial charge is 0.489 e. The lowest BCUT2D eigenvalue weighted by molar-refractivity contribution is 0.0987. The monoisotopic (exact) mass is 376 g/mol. The SMILES string of the molecule is COCc1ccc(C(=O)Nc2cccc(COc3ccc(CC#N)cc3)c2)o1. The predicted octanol–water partition coefficient (Wildman–Crippen LogP) is 4.32. The Labute approximate surface area is 163 Å². The molecule has 3 rings (SSSR count). The zero-order chi connectivity index (χ0) is 19.8. The van der Waals surface area contributed by atoms with E-state index >= 15 is 0 Å². The smallest absolute Gasteiger partial charge is 0.291 e. The van der Waals surface area contributed by atoms with E-state index in [1.54, 1.807) is 25.3 Å². The minimum absolute atomic E-state index is 0.228. The second kappa shape index (κ2) is 9.40. The number of ether oxygens (including phenoxy) is 2. The van der Waals surface area contributed by atoms with E-state index in [1.807, 2.05) is 42.5 Å². The fourth-order valence-electron chi connectivity index (χ4n) is 2.61. The minimum Gasteiger partial charge on any atom is -0.489 e. The quantitative estimate of drug-likeness (QED) is 0.633. The molecule has 3 aromatic rings. The van der Waals surface area contributed by atoms with Crippen molar-refractivity contribution in [1.82, 2.24) is 0 Å². The molecule has 0 saturated carbocycles. The van der Waals surface area contributed by atoms with Crippen LogP contribution in [0.15, 0.2) is 65.1 Å². The number of carbonyl (C=O) groups excluding carboxylic acids is 1. The number of nitriles is 1. The van der Waals surface area contributed by atoms with E-state index < -0.39 is 0 Å². The molecule has 0 aliphatic rings. The molecule has 0 spiro atoms. The zero-order valence-electron chi connectivity index (χ0n) is 15.5. The number of nitrogens with zero attached hydrogens (tertiary/aromatic N) is 1. The van der Waals surface area contributed by atoms with Gasteiger partial charge in [-0.05, 0) is 47.5 Å². The highest BCUT2D eigenvalue weighted by atomic mass is 16.5. The van der Waals surface area contributed by atoms with Crippen LogP contribution in [0.1, 0.15) is 27.4 Å². The Morgan fingerprint density at radius 1 is 1.07 bits per heavy atom. The Balaban J connectivity index is 1.58. The first-order valence-corrected chi connectivity index (χ1v) is 8.74. The number of amides is 1. The fourth-order valence-corrected chi connectivity index (χ4v) is 2.61. The molecule has 1 amide bonds. The molecule has 0 unspecified atom stereocenters. The molecule has 0 atom stereocenters. The molecule has 1 aromatic heterocycles. The highest BCUT2D eigenvalue weighted by molar-refractivity contribution is 6.02. The van der Waals surface area contributed by atoms with E-state index in [2.05, 4.69) is 11.4 Å². The average Bonchev–Trinajstić information content (AvgIpc) is 3.17. The van der Waals surface area contributed by atoms with Crippen molar-refractivity contribution < 1.29 is 18.7 Å². The van der Waals surface area contributed by atoms with E-state index in [0.717, 1.165) is 16.9 Å². The first kappa shape index (κ1) is 19.2. The Morgan fingerprint density at radius 3 is 2.64 bits per heavy atom. The van der Waals surface area contributed by atoms with Gasteiger partial charge in [0.25, 0.3) is 5.91 Å². The van der Waals surface area contributed by atoms with Crippen molar-refractivity contribution in [2.24, 2.45) is 0 Å². The molecule has 1 N–H and O–H groups in total. The summed E-state index contributed by atoms with van der Waals surface area (Å²) in [6, 6.07) is 20.3. The van der Waals surface area contributed by atoms with Gasteiger partial charge in [-0.2, -0.15) is 5.26 Å². The Bertz CT molecular complexity index is 971. The summed E-state index contributed by atoms with van der Waals surface area (Å²) in [5, 5.41) is 11.5. The highest BCUT2D eigenvalue weighted by Gasteiger charge is 2.11. The topological polar surface area (TPSA) is 84.5 Å². The standard InChI is InChI=1S/C22H20N2O4/c1-26-15-20-9-10-21(28-20)22(25)24-18-4-2-3-17(13-18)14-27-19-7-5-16(6-8-19)11-12-23/h2-10,13H,11,14-15H2,1H3,(H,24,25). The molecule has 1 heterocycles. The first-order chi connectivity index (χ1) is 13.7. The second-order valence-corrected chi connectivity index (χ2v) is 6.12. The summed E-state index contributed by atoms with van der Waals surface area (Å²) < 4.78 is 16.2. The number of anilines is 1. The lowest BCUT2D eigenvalue weighted by Crippen LogP contribution is -2.11. The van der Waals surface area contributed by atoms with Gasteiger partial charge in [0.1, 0.15) is 24.7 Å². The van der Waals surface area contributed by atoms with Crippen LogP contribution in [-0.2, 0) is 24.4 Å². The average molecular weight is 376 g/mol. The van der Waals surface area contributed by atoms with Gasteiger partial charge in [0.2, 0.25) is 0 Å². The summed E-state index contributed by atoms with van der Waals surface area (Å²) in [7, 11) is 1.57. The maximum Gasteiger partial charge on any atom is 0.291 e. The summed E-state index contributed by atoms with van der Waals surface area (Å²) in [4.78, 5) is 12.3. The van der Waals surface area contributed by atoms with Crippen LogP contribution in [0.4, 0.5) is 5.69 Å². The van der Waals surface area contributed by atoms with Gasteiger partial charge in [0, 0.05) is 12.8 Å². The van der Waals surface area contributed by atoms with Gasteiger partial charge in [0.05, 0.1) is 12.5 Å². The molecule has 0 saturated heterocycles. The zero-order valence-corrected chi connectivity index (χ0v) is 15.5. The third-order valence-electron chi connectivity index (χ3n) is 3.97. The number of methoxy groups -OCH3 is 1. The van der Waals surface area contributed by atoms with Crippen molar-refractivity contribution in [2.45, 2.75) is 19.6 Å². The Kier molecular flexibility index (Phi) is 6.45. The van der Waals surface area contributed by atoms with Gasteiger partial charge in [0.15, 0.2) is 5.76 Å². The number of furan rings is 1. The third kappa shape index (κ3) is 5.22. The number of nitrogens with one attached hydrogen (secondary N) is 1. The summed E-state index contributed by atoms with van der Waals surface area (Å²) in [5.41, 5.74) is 2.52. The maximum atomic E-state index is 12.3. The van der Waals surface area contributed by atoms with Crippen LogP contribution in [0.2, 0.25) is 0 Å². The molecule has 0 radical (unpaired) electrons. The number of carbonyl (C=O) groups is 1. The van der Waals surface area contributed by atoms with Crippen molar-refractivity contribution in [1.29, 1.82) is 5.26 Å². The highest BCUT2D eigenvalue weighted by Crippen LogP contribution is 2.18. The van der Waals surface area contributed by atoms with Crippen molar-refractivity contribution in [3.05, 3.63) is 83.3 Å². The molecule has 0 bridgehead atoms. The van der Waals surface area contributed by atoms with E-state index in [4.69, 9.17) is 19.2 Å². The van der Waals surface area contributed by atoms with Gasteiger partial charge in [-0.3, -0.25) is 4.79 Å². The summed E-state index contributed by atoms with van der Waals surface area (Å²) in [5.74, 6) is 1.22. The van der Waals surface area contributed by atoms with Crippen molar-refractivity contribution >= 4 is 11.6 Å². The summed E-state index contributed by atoms with van der Waals surface area (Å²) >= 11 is 0. The predicted molar refractivity (Wildman–Crippen MR) is 104 cm³/mol. The lowest BCUT2D eigenvalue weighted by Gasteiger charge is -2.09. The van der Waals surface area contributed by atoms with Crippen LogP contribution in [0, 0.1) is 11.3 Å². The van der Waals surface area contributed by atoms with Gasteiger partial charge in [-0.1, -0.05) is 24.3 Å². The van der Waals surface area contributed by atoms with Crippen molar-refractivity contribution in [2.75, 3.05) is 12.4 Å². The number of benzene rings is 2. The molecule has 6 nitrogen and oxygen atoms in total. The normalized spacial score (nSPS) is 10.3. The van der Waals surface area contributed by atoms with E-state index in [0.29, 0.717) is 31.1 Å². The molecule has 28 heavy (non-hydrogen) atoms. The molecular formula is C22H20N2O4. The van der Waals surface area contributed by atoms with Crippen LogP contribution in [0.5, 0.6) is 5.75 Å². The maximum absolute atomic E-state index is 12.3. The summed E-state index contributed by atoms with van der Waals surface area (Å²) in [6.45, 7) is 0.678. The van der Waals surface area contributed by atoms with Crippen molar-refractivity contribution in [3.63, 3.8) is 0 Å². The Morgan fingerprint density at radius 2 is 1.89 bits per heavy atom. The molecule has 0 fully saturated rings. The van der Waals surface area contributed by atoms with Crippen LogP contribution < -0.4 is 10.1 Å². The van der Waals surface area contributed by atoms with Gasteiger partial charge in [-0.25, -0.2) is 0 Å². The molecular weight excluding hydrogens is 356 g/mol. The molecule has 142 valence electrons. The molecule has 0 aliphatic heterocycles. The molecule has 6 heteroatoms. The summed E-state index contributed by atoms with van der Waals surface area (Å²) in [6.07, 6.45) is 0.380. The second-order valence-electron chi connectivity index (χ2n) is 6.12. The lowest BCUT2D eigenvalue weighted by atomic mass is 10.1. The first-order valence-electron chi connectivity index (χ1n) is 8.74. The fraction of sp³-hybridized carbons (Fsp3) is 0.182. The molecule has 0 aliphatic carbocycles. The number of rotatable bonds is 8. The Hall–Kier alpha value is -3.56. The van der Waals surface area contributed by atoms with Crippen LogP contribution in [0.25, 0.3) is 0 Å².